The van der Waals surface area contributed by atoms with Crippen LogP contribution in [0.15, 0.2) is 23.7 Å². The Morgan fingerprint density at radius 2 is 2.33 bits per heavy atom. The molecule has 0 saturated heterocycles. The highest BCUT2D eigenvalue weighted by atomic mass is 35.5. The molecule has 0 aliphatic carbocycles. The summed E-state index contributed by atoms with van der Waals surface area (Å²) in [4.78, 5) is 5.67. The van der Waals surface area contributed by atoms with Crippen LogP contribution in [0.2, 0.25) is 5.15 Å². The Hall–Kier alpha value is -0.800. The lowest BCUT2D eigenvalue weighted by Crippen LogP contribution is -2.06. The molecule has 0 aliphatic heterocycles. The maximum Gasteiger partial charge on any atom is 0.129 e. The average molecular weight is 241 g/mol. The van der Waals surface area contributed by atoms with Gasteiger partial charge in [0.05, 0.1) is 6.20 Å². The number of thiophene rings is 1. The van der Waals surface area contributed by atoms with Crippen molar-refractivity contribution in [3.05, 3.63) is 39.6 Å². The van der Waals surface area contributed by atoms with Crippen molar-refractivity contribution in [2.24, 2.45) is 0 Å². The van der Waals surface area contributed by atoms with Crippen LogP contribution in [0.25, 0.3) is 0 Å². The molecule has 0 aliphatic rings. The Kier molecular flexibility index (Phi) is 3.12. The van der Waals surface area contributed by atoms with Crippen LogP contribution in [0.1, 0.15) is 30.6 Å². The van der Waals surface area contributed by atoms with E-state index < -0.39 is 0 Å². The Morgan fingerprint density at radius 3 is 2.93 bits per heavy atom. The largest absolute Gasteiger partial charge is 0.316 e. The maximum atomic E-state index is 6.08. The van der Waals surface area contributed by atoms with Crippen molar-refractivity contribution in [1.29, 1.82) is 0 Å². The van der Waals surface area contributed by atoms with Gasteiger partial charge in [0.2, 0.25) is 0 Å². The molecule has 2 aromatic heterocycles. The number of rotatable bonds is 3. The molecule has 0 atom stereocenters. The van der Waals surface area contributed by atoms with Gasteiger partial charge in [-0.05, 0) is 25.3 Å². The first-order chi connectivity index (χ1) is 7.18. The third kappa shape index (κ3) is 2.24. The maximum absolute atomic E-state index is 6.08. The van der Waals surface area contributed by atoms with Crippen LogP contribution < -0.4 is 0 Å². The molecule has 2 rings (SSSR count). The first kappa shape index (κ1) is 10.7. The van der Waals surface area contributed by atoms with E-state index in [0.29, 0.717) is 6.04 Å². The van der Waals surface area contributed by atoms with E-state index in [4.69, 9.17) is 11.6 Å². The van der Waals surface area contributed by atoms with Crippen molar-refractivity contribution < 1.29 is 0 Å². The molecule has 0 fully saturated rings. The topological polar surface area (TPSA) is 17.8 Å². The van der Waals surface area contributed by atoms with E-state index in [1.165, 1.54) is 4.88 Å². The van der Waals surface area contributed by atoms with Crippen molar-refractivity contribution in [1.82, 2.24) is 9.55 Å². The van der Waals surface area contributed by atoms with Crippen molar-refractivity contribution in [3.8, 4) is 0 Å². The number of hydrogen-bond donors (Lipinski definition) is 0. The SMILES string of the molecule is CC(C)n1c(Cl)cnc1Cc1cccs1. The Balaban J connectivity index is 2.29. The Morgan fingerprint density at radius 1 is 1.53 bits per heavy atom. The summed E-state index contributed by atoms with van der Waals surface area (Å²) in [5.74, 6) is 1.04. The third-order valence-corrected chi connectivity index (χ3v) is 3.41. The van der Waals surface area contributed by atoms with Crippen LogP contribution in [0.5, 0.6) is 0 Å². The lowest BCUT2D eigenvalue weighted by Gasteiger charge is -2.12. The van der Waals surface area contributed by atoms with E-state index >= 15 is 0 Å². The van der Waals surface area contributed by atoms with E-state index in [1.807, 2.05) is 0 Å². The second kappa shape index (κ2) is 4.37. The number of imidazole rings is 1. The first-order valence-electron chi connectivity index (χ1n) is 4.92. The van der Waals surface area contributed by atoms with Crippen LogP contribution in [0.3, 0.4) is 0 Å². The van der Waals surface area contributed by atoms with Crippen molar-refractivity contribution in [3.63, 3.8) is 0 Å². The second-order valence-electron chi connectivity index (χ2n) is 3.72. The summed E-state index contributed by atoms with van der Waals surface area (Å²) in [5.41, 5.74) is 0. The predicted molar refractivity (Wildman–Crippen MR) is 64.7 cm³/mol. The van der Waals surface area contributed by atoms with E-state index in [1.54, 1.807) is 17.5 Å². The van der Waals surface area contributed by atoms with Gasteiger partial charge in [-0.2, -0.15) is 0 Å². The summed E-state index contributed by atoms with van der Waals surface area (Å²) in [7, 11) is 0. The summed E-state index contributed by atoms with van der Waals surface area (Å²) >= 11 is 7.83. The number of aromatic nitrogens is 2. The van der Waals surface area contributed by atoms with Crippen molar-refractivity contribution >= 4 is 22.9 Å². The van der Waals surface area contributed by atoms with Gasteiger partial charge in [-0.3, -0.25) is 0 Å². The lowest BCUT2D eigenvalue weighted by atomic mass is 10.3. The molecule has 2 heterocycles. The quantitative estimate of drug-likeness (QED) is 0.799. The van der Waals surface area contributed by atoms with Gasteiger partial charge in [0.1, 0.15) is 11.0 Å². The van der Waals surface area contributed by atoms with Gasteiger partial charge in [-0.1, -0.05) is 17.7 Å². The number of halogens is 1. The van der Waals surface area contributed by atoms with E-state index in [9.17, 15) is 0 Å². The normalized spacial score (nSPS) is 11.2. The molecule has 0 N–H and O–H groups in total. The standard InChI is InChI=1S/C11H13ClN2S/c1-8(2)14-10(12)7-13-11(14)6-9-4-3-5-15-9/h3-5,7-8H,6H2,1-2H3. The molecule has 0 bridgehead atoms. The third-order valence-electron chi connectivity index (χ3n) is 2.26. The Labute approximate surface area is 98.5 Å². The van der Waals surface area contributed by atoms with Crippen molar-refractivity contribution in [2.75, 3.05) is 0 Å². The minimum Gasteiger partial charge on any atom is -0.316 e. The first-order valence-corrected chi connectivity index (χ1v) is 6.18. The van der Waals surface area contributed by atoms with Crippen LogP contribution in [0, 0.1) is 0 Å². The smallest absolute Gasteiger partial charge is 0.129 e. The predicted octanol–water partition coefficient (Wildman–Crippen LogP) is 3.77. The van der Waals surface area contributed by atoms with E-state index in [0.717, 1.165) is 17.4 Å². The van der Waals surface area contributed by atoms with Gasteiger partial charge < -0.3 is 4.57 Å². The highest BCUT2D eigenvalue weighted by Gasteiger charge is 2.11. The second-order valence-corrected chi connectivity index (χ2v) is 5.14. The van der Waals surface area contributed by atoms with Gasteiger partial charge >= 0.3 is 0 Å². The average Bonchev–Trinajstić information content (AvgIpc) is 2.76. The molecule has 80 valence electrons. The Bertz CT molecular complexity index is 431. The van der Waals surface area contributed by atoms with E-state index in [2.05, 4.69) is 40.9 Å². The zero-order valence-electron chi connectivity index (χ0n) is 8.77. The van der Waals surface area contributed by atoms with Gasteiger partial charge in [-0.25, -0.2) is 4.98 Å². The molecule has 0 spiro atoms. The van der Waals surface area contributed by atoms with E-state index in [-0.39, 0.29) is 0 Å². The zero-order valence-corrected chi connectivity index (χ0v) is 10.3. The molecular formula is C11H13ClN2S. The molecule has 2 nitrogen and oxygen atoms in total. The summed E-state index contributed by atoms with van der Waals surface area (Å²) in [6, 6.07) is 4.54. The molecule has 0 saturated carbocycles. The monoisotopic (exact) mass is 240 g/mol. The molecule has 0 radical (unpaired) electrons. The molecule has 0 unspecified atom stereocenters. The van der Waals surface area contributed by atoms with Gasteiger partial charge in [0, 0.05) is 17.3 Å². The van der Waals surface area contributed by atoms with Gasteiger partial charge in [0.25, 0.3) is 0 Å². The van der Waals surface area contributed by atoms with Crippen molar-refractivity contribution in [2.45, 2.75) is 26.3 Å². The van der Waals surface area contributed by atoms with Gasteiger partial charge in [-0.15, -0.1) is 11.3 Å². The summed E-state index contributed by atoms with van der Waals surface area (Å²) in [6.07, 6.45) is 2.59. The molecular weight excluding hydrogens is 228 g/mol. The minimum atomic E-state index is 0.356. The highest BCUT2D eigenvalue weighted by Crippen LogP contribution is 2.21. The van der Waals surface area contributed by atoms with Crippen LogP contribution >= 0.6 is 22.9 Å². The summed E-state index contributed by atoms with van der Waals surface area (Å²) < 4.78 is 2.07. The molecule has 15 heavy (non-hydrogen) atoms. The zero-order chi connectivity index (χ0) is 10.8. The molecule has 2 aromatic rings. The highest BCUT2D eigenvalue weighted by molar-refractivity contribution is 7.09. The van der Waals surface area contributed by atoms with Gasteiger partial charge in [0.15, 0.2) is 0 Å². The number of nitrogens with zero attached hydrogens (tertiary/aromatic N) is 2. The number of hydrogen-bond acceptors (Lipinski definition) is 2. The lowest BCUT2D eigenvalue weighted by molar-refractivity contribution is 0.576. The van der Waals surface area contributed by atoms with Crippen LogP contribution in [-0.2, 0) is 6.42 Å². The van der Waals surface area contributed by atoms with Crippen LogP contribution in [0.4, 0.5) is 0 Å². The summed E-state index contributed by atoms with van der Waals surface area (Å²) in [5, 5.41) is 2.80. The fourth-order valence-electron chi connectivity index (χ4n) is 1.62. The summed E-state index contributed by atoms with van der Waals surface area (Å²) in [6.45, 7) is 4.23. The molecule has 0 aromatic carbocycles. The molecule has 0 amide bonds. The fourth-order valence-corrected chi connectivity index (χ4v) is 2.66. The molecule has 4 heteroatoms. The fraction of sp³-hybridized carbons (Fsp3) is 0.364. The minimum absolute atomic E-state index is 0.356. The van der Waals surface area contributed by atoms with Crippen LogP contribution in [-0.4, -0.2) is 9.55 Å².